The first-order chi connectivity index (χ1) is 13.1. The number of aryl methyl sites for hydroxylation is 1. The highest BCUT2D eigenvalue weighted by molar-refractivity contribution is 5.94. The number of amides is 2. The predicted octanol–water partition coefficient (Wildman–Crippen LogP) is 3.42. The average molecular weight is 366 g/mol. The monoisotopic (exact) mass is 366 g/mol. The molecule has 1 N–H and O–H groups in total. The number of nitrogens with one attached hydrogen (secondary N) is 1. The zero-order valence-electron chi connectivity index (χ0n) is 15.9. The van der Waals surface area contributed by atoms with E-state index in [2.05, 4.69) is 5.32 Å². The van der Waals surface area contributed by atoms with E-state index in [-0.39, 0.29) is 17.7 Å². The van der Waals surface area contributed by atoms with Crippen molar-refractivity contribution < 1.29 is 14.3 Å². The summed E-state index contributed by atoms with van der Waals surface area (Å²) in [5.41, 5.74) is 2.73. The Morgan fingerprint density at radius 2 is 1.96 bits per heavy atom. The molecule has 0 spiro atoms. The van der Waals surface area contributed by atoms with Gasteiger partial charge in [0.25, 0.3) is 0 Å². The van der Waals surface area contributed by atoms with Gasteiger partial charge in [-0.05, 0) is 43.0 Å². The number of benzene rings is 2. The van der Waals surface area contributed by atoms with Gasteiger partial charge in [-0.25, -0.2) is 0 Å². The quantitative estimate of drug-likeness (QED) is 0.882. The number of methoxy groups -OCH3 is 1. The molecule has 2 amide bonds. The molecule has 1 fully saturated rings. The van der Waals surface area contributed by atoms with E-state index in [1.165, 1.54) is 0 Å². The summed E-state index contributed by atoms with van der Waals surface area (Å²) in [7, 11) is 1.59. The van der Waals surface area contributed by atoms with Gasteiger partial charge in [-0.3, -0.25) is 9.59 Å². The molecule has 1 aliphatic heterocycles. The van der Waals surface area contributed by atoms with E-state index in [9.17, 15) is 9.59 Å². The minimum atomic E-state index is -0.205. The molecule has 0 saturated carbocycles. The molecule has 1 atom stereocenters. The zero-order valence-corrected chi connectivity index (χ0v) is 15.9. The molecule has 3 rings (SSSR count). The summed E-state index contributed by atoms with van der Waals surface area (Å²) in [5, 5.41) is 2.98. The van der Waals surface area contributed by atoms with Crippen LogP contribution in [-0.4, -0.2) is 36.9 Å². The second-order valence-electron chi connectivity index (χ2n) is 7.03. The third-order valence-corrected chi connectivity index (χ3v) is 4.96. The van der Waals surface area contributed by atoms with Gasteiger partial charge in [0, 0.05) is 13.1 Å². The summed E-state index contributed by atoms with van der Waals surface area (Å²) in [6, 6.07) is 15.4. The number of hydrogen-bond acceptors (Lipinski definition) is 3. The molecule has 142 valence electrons. The van der Waals surface area contributed by atoms with Gasteiger partial charge in [-0.15, -0.1) is 0 Å². The molecule has 0 radical (unpaired) electrons. The maximum Gasteiger partial charge on any atom is 0.229 e. The second-order valence-corrected chi connectivity index (χ2v) is 7.03. The van der Waals surface area contributed by atoms with Crippen LogP contribution in [0.5, 0.6) is 5.75 Å². The lowest BCUT2D eigenvalue weighted by Gasteiger charge is -2.32. The Morgan fingerprint density at radius 1 is 1.19 bits per heavy atom. The van der Waals surface area contributed by atoms with Gasteiger partial charge in [-0.1, -0.05) is 36.4 Å². The van der Waals surface area contributed by atoms with Gasteiger partial charge in [0.2, 0.25) is 11.8 Å². The van der Waals surface area contributed by atoms with Crippen molar-refractivity contribution in [3.8, 4) is 5.75 Å². The zero-order chi connectivity index (χ0) is 19.2. The van der Waals surface area contributed by atoms with Crippen molar-refractivity contribution in [2.45, 2.75) is 26.2 Å². The summed E-state index contributed by atoms with van der Waals surface area (Å²) in [6.07, 6.45) is 2.00. The van der Waals surface area contributed by atoms with Crippen LogP contribution in [0.15, 0.2) is 48.5 Å². The van der Waals surface area contributed by atoms with Crippen molar-refractivity contribution in [3.63, 3.8) is 0 Å². The van der Waals surface area contributed by atoms with Crippen LogP contribution in [-0.2, 0) is 16.0 Å². The first-order valence-corrected chi connectivity index (χ1v) is 9.34. The van der Waals surface area contributed by atoms with Crippen molar-refractivity contribution in [1.82, 2.24) is 4.90 Å². The Labute approximate surface area is 160 Å². The first-order valence-electron chi connectivity index (χ1n) is 9.34. The number of anilines is 1. The fourth-order valence-electron chi connectivity index (χ4n) is 3.45. The van der Waals surface area contributed by atoms with Crippen LogP contribution in [0.4, 0.5) is 5.69 Å². The van der Waals surface area contributed by atoms with Gasteiger partial charge < -0.3 is 15.0 Å². The van der Waals surface area contributed by atoms with Crippen LogP contribution in [0.3, 0.4) is 0 Å². The second kappa shape index (κ2) is 8.71. The molecular weight excluding hydrogens is 340 g/mol. The lowest BCUT2D eigenvalue weighted by molar-refractivity contribution is -0.133. The van der Waals surface area contributed by atoms with Gasteiger partial charge >= 0.3 is 0 Å². The number of nitrogens with zero attached hydrogens (tertiary/aromatic N) is 1. The molecule has 2 aromatic carbocycles. The highest BCUT2D eigenvalue weighted by Gasteiger charge is 2.28. The van der Waals surface area contributed by atoms with E-state index in [1.54, 1.807) is 7.11 Å². The van der Waals surface area contributed by atoms with E-state index >= 15 is 0 Å². The normalized spacial score (nSPS) is 16.7. The molecule has 1 unspecified atom stereocenters. The van der Waals surface area contributed by atoms with Crippen molar-refractivity contribution in [2.24, 2.45) is 5.92 Å². The lowest BCUT2D eigenvalue weighted by atomic mass is 9.96. The standard InChI is InChI=1S/C22H26N2O3/c1-16-10-11-20(27-2)19(13-16)23-22(26)18-9-6-12-24(15-18)21(25)14-17-7-4-3-5-8-17/h3-5,7-8,10-11,13,18H,6,9,12,14-15H2,1-2H3,(H,23,26). The number of rotatable bonds is 5. The van der Waals surface area contributed by atoms with Crippen LogP contribution in [0.1, 0.15) is 24.0 Å². The van der Waals surface area contributed by atoms with Crippen molar-refractivity contribution in [1.29, 1.82) is 0 Å². The molecule has 27 heavy (non-hydrogen) atoms. The summed E-state index contributed by atoms with van der Waals surface area (Å²) in [4.78, 5) is 27.2. The molecule has 1 heterocycles. The predicted molar refractivity (Wildman–Crippen MR) is 106 cm³/mol. The third-order valence-electron chi connectivity index (χ3n) is 4.96. The topological polar surface area (TPSA) is 58.6 Å². The summed E-state index contributed by atoms with van der Waals surface area (Å²) in [6.45, 7) is 3.15. The minimum Gasteiger partial charge on any atom is -0.495 e. The van der Waals surface area contributed by atoms with Crippen molar-refractivity contribution in [3.05, 3.63) is 59.7 Å². The number of carbonyl (C=O) groups excluding carboxylic acids is 2. The molecular formula is C22H26N2O3. The fourth-order valence-corrected chi connectivity index (χ4v) is 3.45. The van der Waals surface area contributed by atoms with E-state index in [1.807, 2.05) is 60.4 Å². The lowest BCUT2D eigenvalue weighted by Crippen LogP contribution is -2.44. The third kappa shape index (κ3) is 4.88. The number of piperidine rings is 1. The molecule has 0 aliphatic carbocycles. The van der Waals surface area contributed by atoms with Crippen LogP contribution < -0.4 is 10.1 Å². The largest absolute Gasteiger partial charge is 0.495 e. The molecule has 5 heteroatoms. The molecule has 1 aliphatic rings. The van der Waals surface area contributed by atoms with Crippen LogP contribution in [0, 0.1) is 12.8 Å². The van der Waals surface area contributed by atoms with Gasteiger partial charge in [-0.2, -0.15) is 0 Å². The van der Waals surface area contributed by atoms with Crippen molar-refractivity contribution >= 4 is 17.5 Å². The Bertz CT molecular complexity index is 804. The molecule has 0 bridgehead atoms. The Kier molecular flexibility index (Phi) is 6.12. The van der Waals surface area contributed by atoms with E-state index < -0.39 is 0 Å². The maximum atomic E-state index is 12.8. The van der Waals surface area contributed by atoms with Gasteiger partial charge in [0.05, 0.1) is 25.1 Å². The number of carbonyl (C=O) groups is 2. The van der Waals surface area contributed by atoms with E-state index in [0.29, 0.717) is 30.9 Å². The molecule has 2 aromatic rings. The van der Waals surface area contributed by atoms with E-state index in [4.69, 9.17) is 4.74 Å². The molecule has 1 saturated heterocycles. The van der Waals surface area contributed by atoms with Crippen LogP contribution in [0.25, 0.3) is 0 Å². The molecule has 5 nitrogen and oxygen atoms in total. The smallest absolute Gasteiger partial charge is 0.229 e. The molecule has 0 aromatic heterocycles. The van der Waals surface area contributed by atoms with Crippen LogP contribution in [0.2, 0.25) is 0 Å². The SMILES string of the molecule is COc1ccc(C)cc1NC(=O)C1CCCN(C(=O)Cc2ccccc2)C1. The maximum absolute atomic E-state index is 12.8. The minimum absolute atomic E-state index is 0.0592. The Hall–Kier alpha value is -2.82. The van der Waals surface area contributed by atoms with Crippen molar-refractivity contribution in [2.75, 3.05) is 25.5 Å². The van der Waals surface area contributed by atoms with Gasteiger partial charge in [0.1, 0.15) is 5.75 Å². The summed E-state index contributed by atoms with van der Waals surface area (Å²) >= 11 is 0. The van der Waals surface area contributed by atoms with Gasteiger partial charge in [0.15, 0.2) is 0 Å². The Morgan fingerprint density at radius 3 is 2.70 bits per heavy atom. The highest BCUT2D eigenvalue weighted by Crippen LogP contribution is 2.27. The summed E-state index contributed by atoms with van der Waals surface area (Å²) in [5.74, 6) is 0.452. The Balaban J connectivity index is 1.63. The average Bonchev–Trinajstić information content (AvgIpc) is 2.69. The van der Waals surface area contributed by atoms with Crippen LogP contribution >= 0.6 is 0 Å². The summed E-state index contributed by atoms with van der Waals surface area (Å²) < 4.78 is 5.34. The first kappa shape index (κ1) is 19.0. The fraction of sp³-hybridized carbons (Fsp3) is 0.364. The highest BCUT2D eigenvalue weighted by atomic mass is 16.5. The number of hydrogen-bond donors (Lipinski definition) is 1. The number of ether oxygens (including phenoxy) is 1. The number of likely N-dealkylation sites (tertiary alicyclic amines) is 1. The van der Waals surface area contributed by atoms with E-state index in [0.717, 1.165) is 24.0 Å².